The number of fused-ring (bicyclic) bond motifs is 1. The van der Waals surface area contributed by atoms with Gasteiger partial charge in [0.1, 0.15) is 11.5 Å². The summed E-state index contributed by atoms with van der Waals surface area (Å²) in [7, 11) is 0. The number of rotatable bonds is 1. The summed E-state index contributed by atoms with van der Waals surface area (Å²) in [6.45, 7) is 1.79. The molecule has 3 N–H and O–H groups in total. The van der Waals surface area contributed by atoms with Crippen molar-refractivity contribution in [3.8, 4) is 0 Å². The number of hydrogen-bond acceptors (Lipinski definition) is 1. The molecule has 0 bridgehead atoms. The zero-order chi connectivity index (χ0) is 10.3. The van der Waals surface area contributed by atoms with Gasteiger partial charge in [-0.1, -0.05) is 0 Å². The van der Waals surface area contributed by atoms with Crippen molar-refractivity contribution in [1.29, 1.82) is 0 Å². The first kappa shape index (κ1) is 8.74. The molecule has 0 spiro atoms. The van der Waals surface area contributed by atoms with Crippen molar-refractivity contribution in [3.63, 3.8) is 0 Å². The quantitative estimate of drug-likeness (QED) is 0.710. The van der Waals surface area contributed by atoms with E-state index < -0.39 is 5.91 Å². The fourth-order valence-corrected chi connectivity index (χ4v) is 1.46. The van der Waals surface area contributed by atoms with Crippen LogP contribution in [0.15, 0.2) is 18.2 Å². The topological polar surface area (TPSA) is 58.9 Å². The SMILES string of the molecule is Cc1cc(F)c2cc(C(N)=O)[nH]c2c1. The Hall–Kier alpha value is -1.84. The minimum absolute atomic E-state index is 0.226. The lowest BCUT2D eigenvalue weighted by molar-refractivity contribution is 0.0996. The number of primary amides is 1. The first-order valence-electron chi connectivity index (χ1n) is 4.16. The van der Waals surface area contributed by atoms with Gasteiger partial charge in [0, 0.05) is 10.9 Å². The van der Waals surface area contributed by atoms with E-state index in [0.717, 1.165) is 5.56 Å². The number of aromatic nitrogens is 1. The molecule has 0 saturated carbocycles. The molecular formula is C10H9FN2O. The van der Waals surface area contributed by atoms with Crippen molar-refractivity contribution in [1.82, 2.24) is 4.98 Å². The Balaban J connectivity index is 2.76. The third kappa shape index (κ3) is 1.25. The highest BCUT2D eigenvalue weighted by Gasteiger charge is 2.09. The van der Waals surface area contributed by atoms with Crippen LogP contribution in [0.2, 0.25) is 0 Å². The first-order chi connectivity index (χ1) is 6.58. The Bertz CT molecular complexity index is 516. The molecule has 0 unspecified atom stereocenters. The van der Waals surface area contributed by atoms with E-state index in [1.807, 2.05) is 0 Å². The van der Waals surface area contributed by atoms with Gasteiger partial charge in [-0.15, -0.1) is 0 Å². The molecule has 1 aromatic heterocycles. The molecular weight excluding hydrogens is 183 g/mol. The highest BCUT2D eigenvalue weighted by Crippen LogP contribution is 2.20. The minimum atomic E-state index is -0.585. The maximum atomic E-state index is 13.4. The number of aromatic amines is 1. The summed E-state index contributed by atoms with van der Waals surface area (Å²) in [5, 5.41) is 0.393. The summed E-state index contributed by atoms with van der Waals surface area (Å²) in [4.78, 5) is 13.6. The number of H-pyrrole nitrogens is 1. The van der Waals surface area contributed by atoms with Crippen molar-refractivity contribution in [2.24, 2.45) is 5.73 Å². The van der Waals surface area contributed by atoms with Crippen LogP contribution in [-0.4, -0.2) is 10.9 Å². The van der Waals surface area contributed by atoms with Crippen molar-refractivity contribution in [2.45, 2.75) is 6.92 Å². The molecule has 0 aliphatic heterocycles. The number of nitrogens with one attached hydrogen (secondary N) is 1. The van der Waals surface area contributed by atoms with E-state index in [1.165, 1.54) is 12.1 Å². The molecule has 2 rings (SSSR count). The third-order valence-corrected chi connectivity index (χ3v) is 2.10. The van der Waals surface area contributed by atoms with Gasteiger partial charge >= 0.3 is 0 Å². The van der Waals surface area contributed by atoms with Crippen molar-refractivity contribution >= 4 is 16.8 Å². The molecule has 0 radical (unpaired) electrons. The van der Waals surface area contributed by atoms with Crippen LogP contribution in [0.25, 0.3) is 10.9 Å². The molecule has 4 heteroatoms. The van der Waals surface area contributed by atoms with Crippen LogP contribution in [0, 0.1) is 12.7 Å². The van der Waals surface area contributed by atoms with E-state index in [1.54, 1.807) is 13.0 Å². The van der Waals surface area contributed by atoms with E-state index in [9.17, 15) is 9.18 Å². The number of nitrogens with two attached hydrogens (primary N) is 1. The van der Waals surface area contributed by atoms with Gasteiger partial charge in [-0.05, 0) is 30.7 Å². The fraction of sp³-hybridized carbons (Fsp3) is 0.100. The monoisotopic (exact) mass is 192 g/mol. The van der Waals surface area contributed by atoms with Gasteiger partial charge in [0.05, 0.1) is 0 Å². The lowest BCUT2D eigenvalue weighted by Crippen LogP contribution is -2.10. The Morgan fingerprint density at radius 1 is 1.43 bits per heavy atom. The molecule has 14 heavy (non-hydrogen) atoms. The molecule has 0 fully saturated rings. The van der Waals surface area contributed by atoms with Gasteiger partial charge in [-0.25, -0.2) is 4.39 Å². The summed E-state index contributed by atoms with van der Waals surface area (Å²) in [5.41, 5.74) is 6.69. The summed E-state index contributed by atoms with van der Waals surface area (Å²) >= 11 is 0. The van der Waals surface area contributed by atoms with Crippen LogP contribution in [0.3, 0.4) is 0 Å². The van der Waals surface area contributed by atoms with E-state index in [0.29, 0.717) is 10.9 Å². The third-order valence-electron chi connectivity index (χ3n) is 2.10. The molecule has 0 atom stereocenters. The zero-order valence-electron chi connectivity index (χ0n) is 7.60. The Labute approximate surface area is 79.7 Å². The predicted octanol–water partition coefficient (Wildman–Crippen LogP) is 1.71. The van der Waals surface area contributed by atoms with Crippen LogP contribution < -0.4 is 5.73 Å². The normalized spacial score (nSPS) is 10.7. The van der Waals surface area contributed by atoms with E-state index in [4.69, 9.17) is 5.73 Å². The van der Waals surface area contributed by atoms with Gasteiger partial charge in [-0.3, -0.25) is 4.79 Å². The number of benzene rings is 1. The second-order valence-corrected chi connectivity index (χ2v) is 3.26. The molecule has 1 aromatic carbocycles. The van der Waals surface area contributed by atoms with Crippen LogP contribution in [0.5, 0.6) is 0 Å². The highest BCUT2D eigenvalue weighted by molar-refractivity contribution is 5.97. The van der Waals surface area contributed by atoms with E-state index in [2.05, 4.69) is 4.98 Å². The standard InChI is InChI=1S/C10H9FN2O/c1-5-2-7(11)6-4-9(10(12)14)13-8(6)3-5/h2-4,13H,1H3,(H2,12,14). The number of carbonyl (C=O) groups is 1. The van der Waals surface area contributed by atoms with Crippen molar-refractivity contribution < 1.29 is 9.18 Å². The summed E-state index contributed by atoms with van der Waals surface area (Å²) in [5.74, 6) is -0.929. The minimum Gasteiger partial charge on any atom is -0.364 e. The predicted molar refractivity (Wildman–Crippen MR) is 51.5 cm³/mol. The van der Waals surface area contributed by atoms with Gasteiger partial charge in [0.2, 0.25) is 0 Å². The van der Waals surface area contributed by atoms with Gasteiger partial charge in [0.15, 0.2) is 0 Å². The molecule has 0 aliphatic rings. The van der Waals surface area contributed by atoms with Gasteiger partial charge in [-0.2, -0.15) is 0 Å². The largest absolute Gasteiger partial charge is 0.364 e. The van der Waals surface area contributed by atoms with E-state index >= 15 is 0 Å². The highest BCUT2D eigenvalue weighted by atomic mass is 19.1. The second-order valence-electron chi connectivity index (χ2n) is 3.26. The molecule has 1 amide bonds. The Morgan fingerprint density at radius 3 is 2.79 bits per heavy atom. The fourth-order valence-electron chi connectivity index (χ4n) is 1.46. The Kier molecular flexibility index (Phi) is 1.77. The smallest absolute Gasteiger partial charge is 0.265 e. The number of amides is 1. The first-order valence-corrected chi connectivity index (χ1v) is 4.16. The molecule has 0 aliphatic carbocycles. The molecule has 1 heterocycles. The van der Waals surface area contributed by atoms with Crippen LogP contribution in [0.4, 0.5) is 4.39 Å². The second kappa shape index (κ2) is 2.83. The molecule has 3 nitrogen and oxygen atoms in total. The number of halogens is 1. The van der Waals surface area contributed by atoms with Crippen molar-refractivity contribution in [2.75, 3.05) is 0 Å². The molecule has 2 aromatic rings. The number of hydrogen-bond donors (Lipinski definition) is 2. The number of carbonyl (C=O) groups excluding carboxylic acids is 1. The maximum Gasteiger partial charge on any atom is 0.265 e. The lowest BCUT2D eigenvalue weighted by Gasteiger charge is -1.94. The number of aryl methyl sites for hydroxylation is 1. The van der Waals surface area contributed by atoms with Crippen LogP contribution in [-0.2, 0) is 0 Å². The van der Waals surface area contributed by atoms with Gasteiger partial charge < -0.3 is 10.7 Å². The molecule has 0 saturated heterocycles. The van der Waals surface area contributed by atoms with E-state index in [-0.39, 0.29) is 11.5 Å². The van der Waals surface area contributed by atoms with Gasteiger partial charge in [0.25, 0.3) is 5.91 Å². The summed E-state index contributed by atoms with van der Waals surface area (Å²) < 4.78 is 13.4. The summed E-state index contributed by atoms with van der Waals surface area (Å²) in [6, 6.07) is 4.61. The zero-order valence-corrected chi connectivity index (χ0v) is 7.60. The average Bonchev–Trinajstić information content (AvgIpc) is 2.47. The Morgan fingerprint density at radius 2 is 2.14 bits per heavy atom. The average molecular weight is 192 g/mol. The molecule has 72 valence electrons. The van der Waals surface area contributed by atoms with Crippen LogP contribution in [0.1, 0.15) is 16.1 Å². The maximum absolute atomic E-state index is 13.4. The lowest BCUT2D eigenvalue weighted by atomic mass is 10.2. The summed E-state index contributed by atoms with van der Waals surface area (Å²) in [6.07, 6.45) is 0. The van der Waals surface area contributed by atoms with Crippen LogP contribution >= 0.6 is 0 Å². The van der Waals surface area contributed by atoms with Crippen molar-refractivity contribution in [3.05, 3.63) is 35.3 Å².